The molecule has 0 saturated heterocycles. The number of fused-ring (bicyclic) bond motifs is 5. The number of carboxylic acid groups (broad SMARTS) is 1. The summed E-state index contributed by atoms with van der Waals surface area (Å²) in [6, 6.07) is 0. The number of hydrogen-bond donors (Lipinski definition) is 2. The summed E-state index contributed by atoms with van der Waals surface area (Å²) in [6.07, 6.45) is 10.1. The van der Waals surface area contributed by atoms with Crippen LogP contribution < -0.4 is 0 Å². The molecule has 4 aliphatic carbocycles. The maximum Gasteiger partial charge on any atom is 0.303 e. The first-order chi connectivity index (χ1) is 15.2. The van der Waals surface area contributed by atoms with Crippen LogP contribution in [-0.4, -0.2) is 21.8 Å². The Morgan fingerprint density at radius 2 is 1.45 bits per heavy atom. The third kappa shape index (κ3) is 3.26. The molecule has 4 saturated carbocycles. The standard InChI is InChI=1S/C30H50O3/c1-19(2)21-9-10-22-26(21,5)15-17-29(8)23-13-14-30(33,20(3)4)24(11-12-25(31)32)27(23,6)16-18-28(22,29)7/h19,21-24,33H,3,9-18H2,1-2,4-8H3,(H,31,32)/t21-,22-,23?,24+,26-,27-,28+,29-,30+/m1/s1. The molecule has 0 radical (unpaired) electrons. The van der Waals surface area contributed by atoms with Crippen molar-refractivity contribution in [1.82, 2.24) is 0 Å². The Hall–Kier alpha value is -0.830. The molecular weight excluding hydrogens is 408 g/mol. The Labute approximate surface area is 202 Å². The van der Waals surface area contributed by atoms with Crippen LogP contribution in [0.2, 0.25) is 0 Å². The molecule has 0 amide bonds. The number of aliphatic hydroxyl groups is 1. The van der Waals surface area contributed by atoms with Crippen molar-refractivity contribution in [2.24, 2.45) is 51.2 Å². The summed E-state index contributed by atoms with van der Waals surface area (Å²) in [5.41, 5.74) is 0.857. The second-order valence-corrected chi connectivity index (χ2v) is 14.1. The van der Waals surface area contributed by atoms with Crippen molar-refractivity contribution in [2.75, 3.05) is 0 Å². The molecule has 0 heterocycles. The average molecular weight is 459 g/mol. The Balaban J connectivity index is 1.74. The first-order valence-corrected chi connectivity index (χ1v) is 13.8. The molecule has 4 aliphatic rings. The highest BCUT2D eigenvalue weighted by Gasteiger charge is 2.71. The number of carboxylic acids is 1. The molecule has 0 spiro atoms. The highest BCUT2D eigenvalue weighted by Crippen LogP contribution is 2.77. The molecule has 0 bridgehead atoms. The van der Waals surface area contributed by atoms with Crippen LogP contribution in [0.25, 0.3) is 0 Å². The summed E-state index contributed by atoms with van der Waals surface area (Å²) in [5, 5.41) is 21.4. The Morgan fingerprint density at radius 3 is 1.97 bits per heavy atom. The number of aliphatic carboxylic acids is 1. The molecule has 33 heavy (non-hydrogen) atoms. The quantitative estimate of drug-likeness (QED) is 0.420. The molecule has 3 nitrogen and oxygen atoms in total. The maximum absolute atomic E-state index is 11.9. The van der Waals surface area contributed by atoms with E-state index in [4.69, 9.17) is 0 Å². The highest BCUT2D eigenvalue weighted by molar-refractivity contribution is 5.66. The minimum absolute atomic E-state index is 0.0287. The monoisotopic (exact) mass is 458 g/mol. The fourth-order valence-corrected chi connectivity index (χ4v) is 10.9. The van der Waals surface area contributed by atoms with Crippen molar-refractivity contribution in [3.63, 3.8) is 0 Å². The van der Waals surface area contributed by atoms with Crippen molar-refractivity contribution in [3.8, 4) is 0 Å². The first kappa shape index (κ1) is 25.3. The van der Waals surface area contributed by atoms with Gasteiger partial charge in [-0.3, -0.25) is 4.79 Å². The van der Waals surface area contributed by atoms with Gasteiger partial charge in [-0.05, 0) is 122 Å². The largest absolute Gasteiger partial charge is 0.481 e. The summed E-state index contributed by atoms with van der Waals surface area (Å²) < 4.78 is 0. The van der Waals surface area contributed by atoms with Crippen LogP contribution in [0.1, 0.15) is 113 Å². The van der Waals surface area contributed by atoms with Gasteiger partial charge in [-0.25, -0.2) is 0 Å². The van der Waals surface area contributed by atoms with Gasteiger partial charge in [-0.15, -0.1) is 0 Å². The lowest BCUT2D eigenvalue weighted by Crippen LogP contribution is -2.67. The van der Waals surface area contributed by atoms with E-state index in [-0.39, 0.29) is 23.2 Å². The van der Waals surface area contributed by atoms with E-state index < -0.39 is 11.6 Å². The van der Waals surface area contributed by atoms with Crippen LogP contribution in [0.15, 0.2) is 12.2 Å². The number of carbonyl (C=O) groups is 1. The Bertz CT molecular complexity index is 817. The third-order valence-electron chi connectivity index (χ3n) is 12.8. The molecule has 2 N–H and O–H groups in total. The fraction of sp³-hybridized carbons (Fsp3) is 0.900. The molecule has 9 atom stereocenters. The van der Waals surface area contributed by atoms with Gasteiger partial charge in [0.1, 0.15) is 0 Å². The summed E-state index contributed by atoms with van der Waals surface area (Å²) in [4.78, 5) is 11.6. The molecule has 0 aromatic carbocycles. The van der Waals surface area contributed by atoms with E-state index in [9.17, 15) is 15.0 Å². The summed E-state index contributed by atoms with van der Waals surface area (Å²) >= 11 is 0. The maximum atomic E-state index is 11.9. The van der Waals surface area contributed by atoms with Gasteiger partial charge in [-0.1, -0.05) is 48.1 Å². The Kier molecular flexibility index (Phi) is 6.00. The molecule has 0 aromatic heterocycles. The van der Waals surface area contributed by atoms with E-state index in [0.29, 0.717) is 23.2 Å². The molecule has 3 heteroatoms. The van der Waals surface area contributed by atoms with Crippen LogP contribution in [0.5, 0.6) is 0 Å². The van der Waals surface area contributed by atoms with Crippen molar-refractivity contribution in [3.05, 3.63) is 12.2 Å². The van der Waals surface area contributed by atoms with Crippen molar-refractivity contribution >= 4 is 5.97 Å². The zero-order valence-electron chi connectivity index (χ0n) is 22.5. The molecular formula is C30H50O3. The van der Waals surface area contributed by atoms with Crippen molar-refractivity contribution < 1.29 is 15.0 Å². The van der Waals surface area contributed by atoms with Gasteiger partial charge in [0.05, 0.1) is 5.60 Å². The third-order valence-corrected chi connectivity index (χ3v) is 12.8. The van der Waals surface area contributed by atoms with Crippen molar-refractivity contribution in [2.45, 2.75) is 118 Å². The lowest BCUT2D eigenvalue weighted by molar-refractivity contribution is -0.245. The minimum atomic E-state index is -0.940. The van der Waals surface area contributed by atoms with Gasteiger partial charge >= 0.3 is 5.97 Å². The van der Waals surface area contributed by atoms with Crippen LogP contribution in [0.4, 0.5) is 0 Å². The molecule has 4 rings (SSSR count). The minimum Gasteiger partial charge on any atom is -0.481 e. The van der Waals surface area contributed by atoms with E-state index in [1.165, 1.54) is 32.1 Å². The first-order valence-electron chi connectivity index (χ1n) is 13.8. The van der Waals surface area contributed by atoms with Crippen LogP contribution in [0, 0.1) is 51.2 Å². The smallest absolute Gasteiger partial charge is 0.303 e. The van der Waals surface area contributed by atoms with E-state index in [0.717, 1.165) is 42.6 Å². The molecule has 4 fully saturated rings. The summed E-state index contributed by atoms with van der Waals surface area (Å²) in [5.74, 6) is 2.11. The lowest BCUT2D eigenvalue weighted by Gasteiger charge is -2.72. The van der Waals surface area contributed by atoms with Gasteiger partial charge < -0.3 is 10.2 Å². The zero-order chi connectivity index (χ0) is 24.6. The fourth-order valence-electron chi connectivity index (χ4n) is 10.9. The van der Waals surface area contributed by atoms with E-state index in [2.05, 4.69) is 48.1 Å². The van der Waals surface area contributed by atoms with Crippen LogP contribution in [-0.2, 0) is 4.79 Å². The highest BCUT2D eigenvalue weighted by atomic mass is 16.4. The van der Waals surface area contributed by atoms with E-state index in [1.807, 2.05) is 6.92 Å². The topological polar surface area (TPSA) is 57.5 Å². The summed E-state index contributed by atoms with van der Waals surface area (Å²) in [7, 11) is 0. The Morgan fingerprint density at radius 1 is 0.909 bits per heavy atom. The molecule has 1 unspecified atom stereocenters. The number of rotatable bonds is 5. The van der Waals surface area contributed by atoms with E-state index >= 15 is 0 Å². The predicted octanol–water partition coefficient (Wildman–Crippen LogP) is 7.48. The SMILES string of the molecule is C=C(C)[C@@]1(O)CCC2[C@@](C)(CC[C@@]3(C)[C@@H]4CC[C@H](C(C)C)[C@@]4(C)CC[C@]23C)[C@@H]1CCC(=O)O. The zero-order valence-corrected chi connectivity index (χ0v) is 22.5. The van der Waals surface area contributed by atoms with Gasteiger partial charge in [0.2, 0.25) is 0 Å². The summed E-state index contributed by atoms with van der Waals surface area (Å²) in [6.45, 7) is 21.2. The van der Waals surface area contributed by atoms with Crippen LogP contribution in [0.3, 0.4) is 0 Å². The van der Waals surface area contributed by atoms with Gasteiger partial charge in [-0.2, -0.15) is 0 Å². The van der Waals surface area contributed by atoms with Gasteiger partial charge in [0.25, 0.3) is 0 Å². The molecule has 0 aromatic rings. The van der Waals surface area contributed by atoms with Crippen LogP contribution >= 0.6 is 0 Å². The van der Waals surface area contributed by atoms with Gasteiger partial charge in [0, 0.05) is 6.42 Å². The molecule has 0 aliphatic heterocycles. The lowest BCUT2D eigenvalue weighted by atomic mass is 9.33. The normalized spacial score (nSPS) is 51.5. The van der Waals surface area contributed by atoms with Gasteiger partial charge in [0.15, 0.2) is 0 Å². The average Bonchev–Trinajstić information content (AvgIpc) is 3.07. The van der Waals surface area contributed by atoms with E-state index in [1.54, 1.807) is 0 Å². The number of hydrogen-bond acceptors (Lipinski definition) is 2. The predicted molar refractivity (Wildman–Crippen MR) is 135 cm³/mol. The second-order valence-electron chi connectivity index (χ2n) is 14.1. The molecule has 188 valence electrons. The van der Waals surface area contributed by atoms with Crippen molar-refractivity contribution in [1.29, 1.82) is 0 Å². The second kappa shape index (κ2) is 7.84.